The standard InChI is InChI=1S/C34H38F3N3O6/c1-33(2,3)20-30(41)39(29-7-4-5-15-40(29)45)14-6-16-46-28-13-10-24-17-25(19-31(42)43)32(44)38(22-26(24)18-28)21-23-8-11-27(12-9-23)34(35,36)37/h4-5,7-13,15,18,25H,6,14,16-17,19-22H2,1-3H3,(H,42,43). The summed E-state index contributed by atoms with van der Waals surface area (Å²) in [4.78, 5) is 41.0. The van der Waals surface area contributed by atoms with Gasteiger partial charge in [-0.2, -0.15) is 18.1 Å². The second-order valence-corrected chi connectivity index (χ2v) is 12.7. The highest BCUT2D eigenvalue weighted by molar-refractivity contribution is 5.92. The van der Waals surface area contributed by atoms with Gasteiger partial charge in [-0.25, -0.2) is 9.52 Å². The number of alkyl halides is 3. The van der Waals surface area contributed by atoms with Crippen LogP contribution in [0.5, 0.6) is 5.75 Å². The highest BCUT2D eigenvalue weighted by atomic mass is 19.4. The van der Waals surface area contributed by atoms with Crippen LogP contribution < -0.4 is 14.4 Å². The summed E-state index contributed by atoms with van der Waals surface area (Å²) in [5.74, 6) is -1.79. The quantitative estimate of drug-likeness (QED) is 0.162. The van der Waals surface area contributed by atoms with Gasteiger partial charge in [0.1, 0.15) is 5.75 Å². The number of fused-ring (bicyclic) bond motifs is 1. The van der Waals surface area contributed by atoms with Crippen molar-refractivity contribution in [2.75, 3.05) is 18.1 Å². The molecule has 4 rings (SSSR count). The van der Waals surface area contributed by atoms with Gasteiger partial charge in [0.25, 0.3) is 5.82 Å². The van der Waals surface area contributed by atoms with E-state index in [1.165, 1.54) is 28.1 Å². The first-order valence-corrected chi connectivity index (χ1v) is 15.0. The molecule has 1 atom stereocenters. The Bertz CT molecular complexity index is 1550. The number of carbonyl (C=O) groups excluding carboxylic acids is 2. The van der Waals surface area contributed by atoms with E-state index >= 15 is 0 Å². The van der Waals surface area contributed by atoms with Crippen LogP contribution in [-0.2, 0) is 40.1 Å². The Hall–Kier alpha value is -4.61. The predicted molar refractivity (Wildman–Crippen MR) is 164 cm³/mol. The van der Waals surface area contributed by atoms with E-state index in [4.69, 9.17) is 4.74 Å². The smallest absolute Gasteiger partial charge is 0.416 e. The molecule has 1 N–H and O–H groups in total. The fourth-order valence-electron chi connectivity index (χ4n) is 5.41. The van der Waals surface area contributed by atoms with Gasteiger partial charge in [-0.05, 0) is 58.9 Å². The Balaban J connectivity index is 1.48. The number of aromatic nitrogens is 1. The monoisotopic (exact) mass is 641 g/mol. The van der Waals surface area contributed by atoms with Crippen LogP contribution in [0.3, 0.4) is 0 Å². The van der Waals surface area contributed by atoms with Gasteiger partial charge in [0.05, 0.1) is 43.7 Å². The lowest BCUT2D eigenvalue weighted by Gasteiger charge is -2.24. The predicted octanol–water partition coefficient (Wildman–Crippen LogP) is 5.75. The van der Waals surface area contributed by atoms with Crippen LogP contribution in [0, 0.1) is 16.5 Å². The summed E-state index contributed by atoms with van der Waals surface area (Å²) < 4.78 is 45.8. The first-order chi connectivity index (χ1) is 21.6. The van der Waals surface area contributed by atoms with Gasteiger partial charge in [-0.3, -0.25) is 9.59 Å². The van der Waals surface area contributed by atoms with E-state index in [1.54, 1.807) is 36.4 Å². The number of amides is 2. The van der Waals surface area contributed by atoms with Gasteiger partial charge in [0, 0.05) is 25.6 Å². The molecule has 46 heavy (non-hydrogen) atoms. The largest absolute Gasteiger partial charge is 0.711 e. The van der Waals surface area contributed by atoms with Gasteiger partial charge < -0.3 is 20.0 Å². The Morgan fingerprint density at radius 3 is 2.41 bits per heavy atom. The fraction of sp³-hybridized carbons (Fsp3) is 0.412. The van der Waals surface area contributed by atoms with Crippen molar-refractivity contribution in [3.8, 4) is 5.75 Å². The average Bonchev–Trinajstić information content (AvgIpc) is 3.08. The van der Waals surface area contributed by atoms with Gasteiger partial charge in [0.15, 0.2) is 0 Å². The molecule has 0 saturated carbocycles. The van der Waals surface area contributed by atoms with Gasteiger partial charge >= 0.3 is 18.1 Å². The second kappa shape index (κ2) is 14.2. The van der Waals surface area contributed by atoms with Crippen LogP contribution in [0.25, 0.3) is 0 Å². The molecule has 0 aliphatic carbocycles. The molecule has 1 aliphatic rings. The van der Waals surface area contributed by atoms with Crippen molar-refractivity contribution < 1.29 is 42.1 Å². The topological polar surface area (TPSA) is 114 Å². The normalized spacial score (nSPS) is 15.2. The summed E-state index contributed by atoms with van der Waals surface area (Å²) in [5.41, 5.74) is 0.928. The van der Waals surface area contributed by atoms with Crippen LogP contribution in [-0.4, -0.2) is 40.9 Å². The molecule has 0 saturated heterocycles. The maximum atomic E-state index is 13.4. The number of carboxylic acids is 1. The van der Waals surface area contributed by atoms with Gasteiger partial charge in [-0.1, -0.05) is 45.0 Å². The van der Waals surface area contributed by atoms with Crippen molar-refractivity contribution in [2.24, 2.45) is 11.3 Å². The summed E-state index contributed by atoms with van der Waals surface area (Å²) >= 11 is 0. The maximum Gasteiger partial charge on any atom is 0.416 e. The number of benzene rings is 2. The Kier molecular flexibility index (Phi) is 10.6. The molecule has 0 spiro atoms. The lowest BCUT2D eigenvalue weighted by Crippen LogP contribution is -2.43. The van der Waals surface area contributed by atoms with Crippen molar-refractivity contribution in [1.29, 1.82) is 0 Å². The van der Waals surface area contributed by atoms with Crippen LogP contribution in [0.2, 0.25) is 0 Å². The molecule has 9 nitrogen and oxygen atoms in total. The van der Waals surface area contributed by atoms with Crippen molar-refractivity contribution in [2.45, 2.75) is 65.7 Å². The van der Waals surface area contributed by atoms with Crippen molar-refractivity contribution >= 4 is 23.6 Å². The SMILES string of the molecule is CC(C)(C)CC(=O)N(CCCOc1ccc2c(c1)CN(Cc1ccc(C(F)(F)F)cc1)C(=O)C(CC(=O)O)C2)c1cccc[n+]1[O-]. The van der Waals surface area contributed by atoms with E-state index in [0.717, 1.165) is 23.3 Å². The molecule has 1 aromatic heterocycles. The molecule has 2 heterocycles. The van der Waals surface area contributed by atoms with E-state index in [9.17, 15) is 37.9 Å². The van der Waals surface area contributed by atoms with E-state index in [-0.39, 0.29) is 62.6 Å². The van der Waals surface area contributed by atoms with Crippen molar-refractivity contribution in [3.05, 3.63) is 94.3 Å². The van der Waals surface area contributed by atoms with E-state index in [1.807, 2.05) is 20.8 Å². The van der Waals surface area contributed by atoms with Crippen molar-refractivity contribution in [3.63, 3.8) is 0 Å². The van der Waals surface area contributed by atoms with Crippen LogP contribution in [0.1, 0.15) is 62.3 Å². The highest BCUT2D eigenvalue weighted by Gasteiger charge is 2.33. The minimum atomic E-state index is -4.49. The number of ether oxygens (including phenoxy) is 1. The number of halogens is 3. The van der Waals surface area contributed by atoms with E-state index in [0.29, 0.717) is 22.5 Å². The number of carboxylic acid groups (broad SMARTS) is 1. The van der Waals surface area contributed by atoms with Gasteiger partial charge in [-0.15, -0.1) is 0 Å². The minimum Gasteiger partial charge on any atom is -0.711 e. The Morgan fingerprint density at radius 1 is 1.07 bits per heavy atom. The minimum absolute atomic E-state index is 0.00917. The highest BCUT2D eigenvalue weighted by Crippen LogP contribution is 2.31. The first-order valence-electron chi connectivity index (χ1n) is 15.0. The molecule has 0 fully saturated rings. The third-order valence-corrected chi connectivity index (χ3v) is 7.60. The summed E-state index contributed by atoms with van der Waals surface area (Å²) in [7, 11) is 0. The third-order valence-electron chi connectivity index (χ3n) is 7.60. The van der Waals surface area contributed by atoms with E-state index < -0.39 is 29.5 Å². The Morgan fingerprint density at radius 2 is 1.78 bits per heavy atom. The van der Waals surface area contributed by atoms with Gasteiger partial charge in [0.2, 0.25) is 5.91 Å². The zero-order chi connectivity index (χ0) is 33.6. The third kappa shape index (κ3) is 9.21. The molecule has 0 radical (unpaired) electrons. The molecule has 2 amide bonds. The number of pyridine rings is 1. The van der Waals surface area contributed by atoms with Crippen molar-refractivity contribution in [1.82, 2.24) is 4.90 Å². The number of hydrogen-bond donors (Lipinski definition) is 1. The lowest BCUT2D eigenvalue weighted by atomic mass is 9.91. The molecular formula is C34H38F3N3O6. The molecule has 0 bridgehead atoms. The molecular weight excluding hydrogens is 603 g/mol. The average molecular weight is 642 g/mol. The fourth-order valence-corrected chi connectivity index (χ4v) is 5.41. The van der Waals surface area contributed by atoms with Crippen LogP contribution in [0.15, 0.2) is 66.9 Å². The number of hydrogen-bond acceptors (Lipinski definition) is 5. The zero-order valence-corrected chi connectivity index (χ0v) is 26.0. The molecule has 1 unspecified atom stereocenters. The van der Waals surface area contributed by atoms with Crippen LogP contribution in [0.4, 0.5) is 19.0 Å². The summed E-state index contributed by atoms with van der Waals surface area (Å²) in [5, 5.41) is 21.9. The molecule has 12 heteroatoms. The number of aliphatic carboxylic acids is 1. The number of carbonyl (C=O) groups is 3. The van der Waals surface area contributed by atoms with E-state index in [2.05, 4.69) is 0 Å². The lowest BCUT2D eigenvalue weighted by molar-refractivity contribution is -0.591. The first kappa shape index (κ1) is 34.3. The summed E-state index contributed by atoms with van der Waals surface area (Å²) in [6.07, 6.45) is -2.67. The molecule has 2 aromatic carbocycles. The number of anilines is 1. The zero-order valence-electron chi connectivity index (χ0n) is 26.0. The Labute approximate surface area is 265 Å². The maximum absolute atomic E-state index is 13.4. The number of nitrogens with zero attached hydrogens (tertiary/aromatic N) is 3. The molecule has 246 valence electrons. The summed E-state index contributed by atoms with van der Waals surface area (Å²) in [6.45, 7) is 6.44. The second-order valence-electron chi connectivity index (χ2n) is 12.7. The molecule has 3 aromatic rings. The molecule has 1 aliphatic heterocycles. The van der Waals surface area contributed by atoms with Crippen LogP contribution >= 0.6 is 0 Å². The summed E-state index contributed by atoms with van der Waals surface area (Å²) in [6, 6.07) is 14.7. The number of rotatable bonds is 11.